The Hall–Kier alpha value is -3.67. The minimum atomic E-state index is -0.514. The average Bonchev–Trinajstić information content (AvgIpc) is 3.11. The first-order chi connectivity index (χ1) is 12.7. The number of hydrogen-bond donors (Lipinski definition) is 2. The first kappa shape index (κ1) is 15.8. The van der Waals surface area contributed by atoms with E-state index >= 15 is 0 Å². The van der Waals surface area contributed by atoms with Gasteiger partial charge in [-0.05, 0) is 23.8 Å². The summed E-state index contributed by atoms with van der Waals surface area (Å²) in [5, 5.41) is 0. The lowest BCUT2D eigenvalue weighted by Crippen LogP contribution is -2.11. The fourth-order valence-electron chi connectivity index (χ4n) is 2.78. The number of nitrogens with one attached hydrogen (secondary N) is 1. The number of hydrogen-bond acceptors (Lipinski definition) is 4. The number of primary amides is 1. The van der Waals surface area contributed by atoms with Crippen molar-refractivity contribution in [1.29, 1.82) is 0 Å². The summed E-state index contributed by atoms with van der Waals surface area (Å²) >= 11 is 0. The summed E-state index contributed by atoms with van der Waals surface area (Å²) in [6, 6.07) is 17.0. The molecule has 2 heterocycles. The van der Waals surface area contributed by atoms with Gasteiger partial charge in [0, 0.05) is 12.4 Å². The van der Waals surface area contributed by atoms with Gasteiger partial charge in [-0.15, -0.1) is 0 Å². The van der Waals surface area contributed by atoms with E-state index in [1.54, 1.807) is 30.6 Å². The predicted molar refractivity (Wildman–Crippen MR) is 98.6 cm³/mol. The second-order valence-electron chi connectivity index (χ2n) is 5.80. The Morgan fingerprint density at radius 2 is 1.92 bits per heavy atom. The third-order valence-corrected chi connectivity index (χ3v) is 4.05. The lowest BCUT2D eigenvalue weighted by Gasteiger charge is -2.09. The molecule has 0 fully saturated rings. The number of aromatic nitrogens is 3. The van der Waals surface area contributed by atoms with Crippen LogP contribution in [0.25, 0.3) is 22.4 Å². The minimum absolute atomic E-state index is 0.376. The molecule has 0 saturated carbocycles. The lowest BCUT2D eigenvalue weighted by molar-refractivity contribution is 0.100. The van der Waals surface area contributed by atoms with Crippen molar-refractivity contribution in [2.24, 2.45) is 5.73 Å². The van der Waals surface area contributed by atoms with Gasteiger partial charge in [0.2, 0.25) is 0 Å². The van der Waals surface area contributed by atoms with E-state index in [9.17, 15) is 4.79 Å². The highest BCUT2D eigenvalue weighted by atomic mass is 16.5. The normalized spacial score (nSPS) is 10.8. The van der Waals surface area contributed by atoms with Crippen LogP contribution in [0, 0.1) is 0 Å². The SMILES string of the molecule is NC(=O)c1cccc2[nH]c(-c3cnccc3OCc3ccccc3)nc12. The molecule has 0 saturated heterocycles. The molecule has 0 spiro atoms. The largest absolute Gasteiger partial charge is 0.488 e. The molecule has 2 aromatic heterocycles. The number of ether oxygens (including phenoxy) is 1. The number of rotatable bonds is 5. The summed E-state index contributed by atoms with van der Waals surface area (Å²) in [6.45, 7) is 0.435. The van der Waals surface area contributed by atoms with Crippen LogP contribution in [0.2, 0.25) is 0 Å². The number of fused-ring (bicyclic) bond motifs is 1. The molecule has 3 N–H and O–H groups in total. The van der Waals surface area contributed by atoms with Crippen molar-refractivity contribution in [3.8, 4) is 17.1 Å². The van der Waals surface area contributed by atoms with Gasteiger partial charge in [0.15, 0.2) is 0 Å². The number of amides is 1. The molecule has 26 heavy (non-hydrogen) atoms. The Morgan fingerprint density at radius 1 is 1.08 bits per heavy atom. The highest BCUT2D eigenvalue weighted by Crippen LogP contribution is 2.30. The van der Waals surface area contributed by atoms with Crippen molar-refractivity contribution in [3.63, 3.8) is 0 Å². The van der Waals surface area contributed by atoms with Gasteiger partial charge in [-0.2, -0.15) is 0 Å². The quantitative estimate of drug-likeness (QED) is 0.581. The minimum Gasteiger partial charge on any atom is -0.488 e. The highest BCUT2D eigenvalue weighted by molar-refractivity contribution is 6.04. The third-order valence-electron chi connectivity index (χ3n) is 4.05. The van der Waals surface area contributed by atoms with Crippen LogP contribution in [0.1, 0.15) is 15.9 Å². The van der Waals surface area contributed by atoms with Crippen LogP contribution in [0.15, 0.2) is 67.0 Å². The number of nitrogens with zero attached hydrogens (tertiary/aromatic N) is 2. The highest BCUT2D eigenvalue weighted by Gasteiger charge is 2.15. The van der Waals surface area contributed by atoms with Crippen LogP contribution in [0.5, 0.6) is 5.75 Å². The maximum atomic E-state index is 11.6. The molecular weight excluding hydrogens is 328 g/mol. The summed E-state index contributed by atoms with van der Waals surface area (Å²) in [5.74, 6) is 0.716. The number of carbonyl (C=O) groups excluding carboxylic acids is 1. The van der Waals surface area contributed by atoms with Gasteiger partial charge in [0.25, 0.3) is 5.91 Å². The number of pyridine rings is 1. The lowest BCUT2D eigenvalue weighted by atomic mass is 10.2. The van der Waals surface area contributed by atoms with Crippen LogP contribution in [0.3, 0.4) is 0 Å². The van der Waals surface area contributed by atoms with Crippen molar-refractivity contribution in [2.75, 3.05) is 0 Å². The Labute approximate surface area is 149 Å². The zero-order valence-electron chi connectivity index (χ0n) is 13.8. The standard InChI is InChI=1S/C20H16N4O2/c21-19(25)14-7-4-8-16-18(14)24-20(23-16)15-11-22-10-9-17(15)26-12-13-5-2-1-3-6-13/h1-11H,12H2,(H2,21,25)(H,23,24). The molecule has 0 radical (unpaired) electrons. The molecule has 0 unspecified atom stereocenters. The first-order valence-electron chi connectivity index (χ1n) is 8.12. The van der Waals surface area contributed by atoms with Crippen molar-refractivity contribution < 1.29 is 9.53 Å². The number of benzene rings is 2. The molecule has 0 aliphatic rings. The van der Waals surface area contributed by atoms with Crippen LogP contribution in [-0.4, -0.2) is 20.9 Å². The maximum Gasteiger partial charge on any atom is 0.250 e. The van der Waals surface area contributed by atoms with Gasteiger partial charge < -0.3 is 15.5 Å². The molecule has 6 heteroatoms. The average molecular weight is 344 g/mol. The van der Waals surface area contributed by atoms with E-state index in [1.807, 2.05) is 36.4 Å². The molecular formula is C20H16N4O2. The van der Waals surface area contributed by atoms with Crippen LogP contribution in [-0.2, 0) is 6.61 Å². The number of carbonyl (C=O) groups is 1. The van der Waals surface area contributed by atoms with E-state index in [0.717, 1.165) is 16.6 Å². The Bertz CT molecular complexity index is 1070. The van der Waals surface area contributed by atoms with Gasteiger partial charge >= 0.3 is 0 Å². The third kappa shape index (κ3) is 3.00. The topological polar surface area (TPSA) is 93.9 Å². The zero-order chi connectivity index (χ0) is 17.9. The Balaban J connectivity index is 1.71. The summed E-state index contributed by atoms with van der Waals surface area (Å²) in [4.78, 5) is 23.5. The van der Waals surface area contributed by atoms with E-state index in [4.69, 9.17) is 10.5 Å². The van der Waals surface area contributed by atoms with E-state index in [0.29, 0.717) is 29.3 Å². The summed E-state index contributed by atoms with van der Waals surface area (Å²) < 4.78 is 5.96. The summed E-state index contributed by atoms with van der Waals surface area (Å²) in [6.07, 6.45) is 3.35. The van der Waals surface area contributed by atoms with Gasteiger partial charge in [-0.1, -0.05) is 36.4 Å². The molecule has 0 aliphatic carbocycles. The summed E-state index contributed by atoms with van der Waals surface area (Å²) in [5.41, 5.74) is 8.86. The fraction of sp³-hybridized carbons (Fsp3) is 0.0500. The van der Waals surface area contributed by atoms with Crippen molar-refractivity contribution in [1.82, 2.24) is 15.0 Å². The second-order valence-corrected chi connectivity index (χ2v) is 5.80. The monoisotopic (exact) mass is 344 g/mol. The van der Waals surface area contributed by atoms with E-state index in [1.165, 1.54) is 0 Å². The van der Waals surface area contributed by atoms with Gasteiger partial charge in [-0.3, -0.25) is 9.78 Å². The van der Waals surface area contributed by atoms with Crippen molar-refractivity contribution in [2.45, 2.75) is 6.61 Å². The molecule has 0 atom stereocenters. The van der Waals surface area contributed by atoms with Gasteiger partial charge in [-0.25, -0.2) is 4.98 Å². The van der Waals surface area contributed by atoms with E-state index in [2.05, 4.69) is 15.0 Å². The van der Waals surface area contributed by atoms with Crippen LogP contribution in [0.4, 0.5) is 0 Å². The van der Waals surface area contributed by atoms with Gasteiger partial charge in [0.05, 0.1) is 16.6 Å². The zero-order valence-corrected chi connectivity index (χ0v) is 13.8. The van der Waals surface area contributed by atoms with Crippen molar-refractivity contribution in [3.05, 3.63) is 78.1 Å². The van der Waals surface area contributed by atoms with Gasteiger partial charge in [0.1, 0.15) is 23.7 Å². The Morgan fingerprint density at radius 3 is 2.73 bits per heavy atom. The fourth-order valence-corrected chi connectivity index (χ4v) is 2.78. The van der Waals surface area contributed by atoms with E-state index < -0.39 is 5.91 Å². The number of H-pyrrole nitrogens is 1. The molecule has 2 aromatic carbocycles. The van der Waals surface area contributed by atoms with Crippen LogP contribution >= 0.6 is 0 Å². The smallest absolute Gasteiger partial charge is 0.250 e. The van der Waals surface area contributed by atoms with Crippen LogP contribution < -0.4 is 10.5 Å². The Kier molecular flexibility index (Phi) is 4.07. The molecule has 1 amide bonds. The molecule has 4 aromatic rings. The predicted octanol–water partition coefficient (Wildman–Crippen LogP) is 3.30. The number of aromatic amines is 1. The number of para-hydroxylation sites is 1. The molecule has 6 nitrogen and oxygen atoms in total. The molecule has 0 bridgehead atoms. The molecule has 128 valence electrons. The maximum absolute atomic E-state index is 11.6. The van der Waals surface area contributed by atoms with Crippen molar-refractivity contribution >= 4 is 16.9 Å². The number of nitrogens with two attached hydrogens (primary N) is 1. The summed E-state index contributed by atoms with van der Waals surface area (Å²) in [7, 11) is 0. The number of imidazole rings is 1. The first-order valence-corrected chi connectivity index (χ1v) is 8.12. The van der Waals surface area contributed by atoms with E-state index in [-0.39, 0.29) is 0 Å². The molecule has 4 rings (SSSR count). The molecule has 0 aliphatic heterocycles. The second kappa shape index (κ2) is 6.68.